The van der Waals surface area contributed by atoms with Gasteiger partial charge in [0.1, 0.15) is 11.5 Å². The second-order valence-electron chi connectivity index (χ2n) is 3.47. The van der Waals surface area contributed by atoms with Gasteiger partial charge in [-0.05, 0) is 12.1 Å². The van der Waals surface area contributed by atoms with Crippen LogP contribution >= 0.6 is 0 Å². The van der Waals surface area contributed by atoms with Gasteiger partial charge in [-0.25, -0.2) is 0 Å². The molecule has 0 aromatic heterocycles. The maximum Gasteiger partial charge on any atom is 0.310 e. The van der Waals surface area contributed by atoms with Crippen LogP contribution in [-0.4, -0.2) is 28.1 Å². The summed E-state index contributed by atoms with van der Waals surface area (Å²) in [6, 6.07) is 3.91. The van der Waals surface area contributed by atoms with Gasteiger partial charge < -0.3 is 20.3 Å². The van der Waals surface area contributed by atoms with Gasteiger partial charge in [0.2, 0.25) is 5.91 Å². The predicted molar refractivity (Wildman–Crippen MR) is 66.5 cm³/mol. The van der Waals surface area contributed by atoms with Crippen LogP contribution in [0.15, 0.2) is 18.2 Å². The van der Waals surface area contributed by atoms with Crippen molar-refractivity contribution < 1.29 is 29.3 Å². The third kappa shape index (κ3) is 8.19. The van der Waals surface area contributed by atoms with E-state index in [9.17, 15) is 14.4 Å². The fraction of sp³-hybridized carbons (Fsp3) is 0.250. The van der Waals surface area contributed by atoms with Crippen molar-refractivity contribution in [3.8, 4) is 11.5 Å². The number of phenolic OH excluding ortho intramolecular Hbond substituents is 2. The number of anilines is 1. The van der Waals surface area contributed by atoms with Gasteiger partial charge in [-0.15, -0.1) is 0 Å². The zero-order chi connectivity index (χ0) is 15.0. The van der Waals surface area contributed by atoms with Crippen molar-refractivity contribution >= 4 is 23.5 Å². The first-order valence-electron chi connectivity index (χ1n) is 5.21. The molecule has 0 spiro atoms. The zero-order valence-electron chi connectivity index (χ0n) is 10.8. The lowest BCUT2D eigenvalue weighted by Crippen LogP contribution is -2.05. The molecule has 1 rings (SSSR count). The number of nitrogens with one attached hydrogen (secondary N) is 1. The first kappa shape index (κ1) is 16.4. The van der Waals surface area contributed by atoms with E-state index in [-0.39, 0.29) is 23.1 Å². The Morgan fingerprint density at radius 3 is 1.95 bits per heavy atom. The minimum atomic E-state index is -0.562. The standard InChI is InChI=1S/C8H9NO3.C4H6O3/c1-5(10)9-7-4-6(11)2-3-8(7)12;1-3(5)7-4(2)6/h2-4,11-12H,1H3,(H,9,10);1-2H3. The molecule has 0 aliphatic heterocycles. The summed E-state index contributed by atoms with van der Waals surface area (Å²) in [4.78, 5) is 30.2. The SMILES string of the molecule is CC(=O)Nc1cc(O)ccc1O.CC(=O)OC(C)=O. The summed E-state index contributed by atoms with van der Waals surface area (Å²) in [5.41, 5.74) is 0.211. The largest absolute Gasteiger partial charge is 0.508 e. The van der Waals surface area contributed by atoms with Crippen LogP contribution in [0.2, 0.25) is 0 Å². The summed E-state index contributed by atoms with van der Waals surface area (Å²) in [5, 5.41) is 20.5. The second-order valence-corrected chi connectivity index (χ2v) is 3.47. The maximum atomic E-state index is 10.6. The highest BCUT2D eigenvalue weighted by Crippen LogP contribution is 2.26. The van der Waals surface area contributed by atoms with Gasteiger partial charge in [-0.2, -0.15) is 0 Å². The quantitative estimate of drug-likeness (QED) is 0.305. The highest BCUT2D eigenvalue weighted by Gasteiger charge is 2.02. The van der Waals surface area contributed by atoms with E-state index in [0.29, 0.717) is 0 Å². The molecule has 1 aromatic rings. The second kappa shape index (κ2) is 7.70. The molecule has 1 aromatic carbocycles. The lowest BCUT2D eigenvalue weighted by Gasteiger charge is -2.04. The fourth-order valence-electron chi connectivity index (χ4n) is 1.02. The smallest absolute Gasteiger partial charge is 0.310 e. The van der Waals surface area contributed by atoms with E-state index < -0.39 is 11.9 Å². The number of hydrogen-bond acceptors (Lipinski definition) is 6. The molecule has 0 radical (unpaired) electrons. The zero-order valence-corrected chi connectivity index (χ0v) is 10.8. The van der Waals surface area contributed by atoms with E-state index in [1.165, 1.54) is 39.0 Å². The monoisotopic (exact) mass is 269 g/mol. The van der Waals surface area contributed by atoms with Gasteiger partial charge in [0.05, 0.1) is 5.69 Å². The Hall–Kier alpha value is -2.57. The number of aromatic hydroxyl groups is 2. The molecule has 19 heavy (non-hydrogen) atoms. The van der Waals surface area contributed by atoms with E-state index in [1.54, 1.807) is 0 Å². The molecule has 0 aliphatic carbocycles. The molecule has 0 fully saturated rings. The van der Waals surface area contributed by atoms with Gasteiger partial charge in [0, 0.05) is 26.8 Å². The summed E-state index contributed by atoms with van der Waals surface area (Å²) in [6.45, 7) is 3.69. The van der Waals surface area contributed by atoms with E-state index in [1.807, 2.05) is 0 Å². The molecular formula is C12H15NO6. The fourth-order valence-corrected chi connectivity index (χ4v) is 1.02. The summed E-state index contributed by atoms with van der Waals surface area (Å²) < 4.78 is 3.97. The van der Waals surface area contributed by atoms with Crippen molar-refractivity contribution in [1.29, 1.82) is 0 Å². The van der Waals surface area contributed by atoms with Crippen molar-refractivity contribution in [2.24, 2.45) is 0 Å². The number of phenols is 2. The van der Waals surface area contributed by atoms with Gasteiger partial charge in [0.25, 0.3) is 0 Å². The third-order valence-electron chi connectivity index (χ3n) is 1.58. The van der Waals surface area contributed by atoms with Gasteiger partial charge in [-0.1, -0.05) is 0 Å². The number of hydrogen-bond donors (Lipinski definition) is 3. The van der Waals surface area contributed by atoms with E-state index >= 15 is 0 Å². The van der Waals surface area contributed by atoms with Crippen molar-refractivity contribution in [3.05, 3.63) is 18.2 Å². The first-order chi connectivity index (χ1) is 8.72. The molecule has 0 heterocycles. The molecule has 0 aliphatic rings. The number of esters is 2. The molecule has 3 N–H and O–H groups in total. The lowest BCUT2D eigenvalue weighted by atomic mass is 10.2. The number of amides is 1. The Morgan fingerprint density at radius 2 is 1.58 bits per heavy atom. The molecule has 104 valence electrons. The van der Waals surface area contributed by atoms with Crippen molar-refractivity contribution in [1.82, 2.24) is 0 Å². The predicted octanol–water partition coefficient (Wildman–Crippen LogP) is 1.15. The van der Waals surface area contributed by atoms with E-state index in [4.69, 9.17) is 10.2 Å². The van der Waals surface area contributed by atoms with Crippen molar-refractivity contribution in [2.45, 2.75) is 20.8 Å². The molecule has 0 bridgehead atoms. The van der Waals surface area contributed by atoms with Gasteiger partial charge >= 0.3 is 11.9 Å². The van der Waals surface area contributed by atoms with E-state index in [2.05, 4.69) is 10.1 Å². The number of benzene rings is 1. The van der Waals surface area contributed by atoms with Crippen LogP contribution in [0.25, 0.3) is 0 Å². The summed E-state index contributed by atoms with van der Waals surface area (Å²) >= 11 is 0. The van der Waals surface area contributed by atoms with Crippen molar-refractivity contribution in [2.75, 3.05) is 5.32 Å². The summed E-state index contributed by atoms with van der Waals surface area (Å²) in [5.74, 6) is -1.49. The average Bonchev–Trinajstić information content (AvgIpc) is 2.21. The molecule has 0 saturated heterocycles. The van der Waals surface area contributed by atoms with Crippen LogP contribution in [0.3, 0.4) is 0 Å². The van der Waals surface area contributed by atoms with Crippen LogP contribution in [0.4, 0.5) is 5.69 Å². The topological polar surface area (TPSA) is 113 Å². The Balaban J connectivity index is 0.000000399. The number of carbonyl (C=O) groups excluding carboxylic acids is 3. The summed E-state index contributed by atoms with van der Waals surface area (Å²) in [7, 11) is 0. The highest BCUT2D eigenvalue weighted by molar-refractivity contribution is 5.90. The minimum Gasteiger partial charge on any atom is -0.508 e. The molecule has 0 atom stereocenters. The van der Waals surface area contributed by atoms with Crippen LogP contribution in [0.5, 0.6) is 11.5 Å². The van der Waals surface area contributed by atoms with Gasteiger partial charge in [-0.3, -0.25) is 14.4 Å². The summed E-state index contributed by atoms with van der Waals surface area (Å²) in [6.07, 6.45) is 0. The van der Waals surface area contributed by atoms with Crippen molar-refractivity contribution in [3.63, 3.8) is 0 Å². The van der Waals surface area contributed by atoms with E-state index in [0.717, 1.165) is 0 Å². The minimum absolute atomic E-state index is 0.00319. The van der Waals surface area contributed by atoms with Crippen LogP contribution < -0.4 is 5.32 Å². The Labute approximate surface area is 109 Å². The molecule has 1 amide bonds. The van der Waals surface area contributed by atoms with Gasteiger partial charge in [0.15, 0.2) is 0 Å². The van der Waals surface area contributed by atoms with Crippen LogP contribution in [0.1, 0.15) is 20.8 Å². The molecular weight excluding hydrogens is 254 g/mol. The Morgan fingerprint density at radius 1 is 1.05 bits per heavy atom. The highest BCUT2D eigenvalue weighted by atomic mass is 16.6. The van der Waals surface area contributed by atoms with Crippen LogP contribution in [-0.2, 0) is 19.1 Å². The molecule has 7 nitrogen and oxygen atoms in total. The Bertz CT molecular complexity index is 471. The maximum absolute atomic E-state index is 10.6. The Kier molecular flexibility index (Phi) is 6.66. The normalized spacial score (nSPS) is 8.79. The number of rotatable bonds is 1. The number of ether oxygens (including phenoxy) is 1. The average molecular weight is 269 g/mol. The lowest BCUT2D eigenvalue weighted by molar-refractivity contribution is -0.156. The third-order valence-corrected chi connectivity index (χ3v) is 1.58. The molecule has 7 heteroatoms. The number of carbonyl (C=O) groups is 3. The molecule has 0 unspecified atom stereocenters. The van der Waals surface area contributed by atoms with Crippen LogP contribution in [0, 0.1) is 0 Å². The molecule has 0 saturated carbocycles. The first-order valence-corrected chi connectivity index (χ1v) is 5.21.